The topological polar surface area (TPSA) is 54.6 Å². The largest absolute Gasteiger partial charge is 0.481 e. The number of rotatable bonds is 5. The van der Waals surface area contributed by atoms with E-state index in [0.29, 0.717) is 5.88 Å². The molecule has 6 nitrogen and oxygen atoms in total. The number of ether oxygens (including phenoxy) is 1. The van der Waals surface area contributed by atoms with Crippen LogP contribution in [-0.2, 0) is 13.1 Å². The molecule has 22 heavy (non-hydrogen) atoms. The van der Waals surface area contributed by atoms with Gasteiger partial charge in [0.25, 0.3) is 0 Å². The Balaban J connectivity index is 1.46. The van der Waals surface area contributed by atoms with E-state index in [1.165, 1.54) is 5.56 Å². The molecule has 2 aromatic heterocycles. The van der Waals surface area contributed by atoms with Gasteiger partial charge >= 0.3 is 0 Å². The second-order valence-electron chi connectivity index (χ2n) is 5.62. The molecular weight excluding hydrogens is 280 g/mol. The van der Waals surface area contributed by atoms with Crippen LogP contribution in [0.5, 0.6) is 5.88 Å². The fraction of sp³-hybridized carbons (Fsp3) is 0.500. The van der Waals surface area contributed by atoms with Gasteiger partial charge in [-0.05, 0) is 5.56 Å². The van der Waals surface area contributed by atoms with Crippen molar-refractivity contribution in [1.82, 2.24) is 19.8 Å². The molecule has 1 aliphatic heterocycles. The number of piperazine rings is 1. The van der Waals surface area contributed by atoms with Gasteiger partial charge in [-0.15, -0.1) is 0 Å². The van der Waals surface area contributed by atoms with Gasteiger partial charge in [-0.25, -0.2) is 9.97 Å². The van der Waals surface area contributed by atoms with E-state index >= 15 is 0 Å². The second kappa shape index (κ2) is 6.89. The fourth-order valence-corrected chi connectivity index (χ4v) is 2.70. The molecule has 6 heteroatoms. The molecule has 0 spiro atoms. The molecule has 118 valence electrons. The zero-order valence-electron chi connectivity index (χ0n) is 13.2. The van der Waals surface area contributed by atoms with Crippen LogP contribution in [-0.4, -0.2) is 53.1 Å². The van der Waals surface area contributed by atoms with Crippen molar-refractivity contribution in [2.24, 2.45) is 0 Å². The van der Waals surface area contributed by atoms with Crippen molar-refractivity contribution >= 4 is 0 Å². The van der Waals surface area contributed by atoms with Crippen LogP contribution < -0.4 is 4.74 Å². The van der Waals surface area contributed by atoms with Crippen molar-refractivity contribution in [3.63, 3.8) is 0 Å². The van der Waals surface area contributed by atoms with Crippen molar-refractivity contribution in [1.29, 1.82) is 0 Å². The van der Waals surface area contributed by atoms with Crippen LogP contribution in [0.25, 0.3) is 0 Å². The molecule has 0 unspecified atom stereocenters. The Morgan fingerprint density at radius 3 is 2.41 bits per heavy atom. The van der Waals surface area contributed by atoms with E-state index in [4.69, 9.17) is 9.15 Å². The monoisotopic (exact) mass is 302 g/mol. The number of hydrogen-bond acceptors (Lipinski definition) is 6. The Morgan fingerprint density at radius 2 is 1.86 bits per heavy atom. The van der Waals surface area contributed by atoms with E-state index in [2.05, 4.69) is 25.8 Å². The van der Waals surface area contributed by atoms with Crippen LogP contribution in [0.3, 0.4) is 0 Å². The minimum Gasteiger partial charge on any atom is -0.481 e. The molecule has 0 saturated carbocycles. The summed E-state index contributed by atoms with van der Waals surface area (Å²) in [6, 6.07) is 3.99. The van der Waals surface area contributed by atoms with Crippen molar-refractivity contribution in [2.45, 2.75) is 20.0 Å². The number of oxazole rings is 1. The Morgan fingerprint density at radius 1 is 1.14 bits per heavy atom. The van der Waals surface area contributed by atoms with Crippen molar-refractivity contribution < 1.29 is 9.15 Å². The van der Waals surface area contributed by atoms with Crippen molar-refractivity contribution in [2.75, 3.05) is 33.3 Å². The molecule has 3 rings (SSSR count). The van der Waals surface area contributed by atoms with Gasteiger partial charge in [0, 0.05) is 58.5 Å². The molecule has 1 aliphatic rings. The average molecular weight is 302 g/mol. The maximum Gasteiger partial charge on any atom is 0.212 e. The zero-order valence-corrected chi connectivity index (χ0v) is 13.2. The molecule has 0 bridgehead atoms. The maximum atomic E-state index is 5.26. The van der Waals surface area contributed by atoms with E-state index < -0.39 is 0 Å². The summed E-state index contributed by atoms with van der Waals surface area (Å²) < 4.78 is 10.3. The third kappa shape index (κ3) is 3.84. The number of nitrogens with zero attached hydrogens (tertiary/aromatic N) is 4. The van der Waals surface area contributed by atoms with Crippen LogP contribution in [0.2, 0.25) is 0 Å². The number of hydrogen-bond donors (Lipinski definition) is 0. The van der Waals surface area contributed by atoms with Crippen LogP contribution in [0.4, 0.5) is 0 Å². The predicted molar refractivity (Wildman–Crippen MR) is 82.6 cm³/mol. The van der Waals surface area contributed by atoms with E-state index in [0.717, 1.165) is 50.9 Å². The number of aromatic nitrogens is 2. The van der Waals surface area contributed by atoms with Crippen molar-refractivity contribution in [3.05, 3.63) is 41.7 Å². The van der Waals surface area contributed by atoms with Gasteiger partial charge in [0.15, 0.2) is 5.89 Å². The number of aryl methyl sites for hydroxylation is 1. The lowest BCUT2D eigenvalue weighted by Gasteiger charge is -2.34. The van der Waals surface area contributed by atoms with Gasteiger partial charge in [-0.2, -0.15) is 0 Å². The molecule has 0 N–H and O–H groups in total. The highest BCUT2D eigenvalue weighted by Crippen LogP contribution is 2.12. The quantitative estimate of drug-likeness (QED) is 0.838. The van der Waals surface area contributed by atoms with Gasteiger partial charge in [-0.3, -0.25) is 9.80 Å². The molecule has 0 amide bonds. The lowest BCUT2D eigenvalue weighted by molar-refractivity contribution is 0.121. The lowest BCUT2D eigenvalue weighted by atomic mass is 10.2. The van der Waals surface area contributed by atoms with Gasteiger partial charge in [0.05, 0.1) is 12.8 Å². The standard InChI is InChI=1S/C16H22N4O2/c1-13-18-15(12-22-13)11-20-7-5-19(6-8-20)10-14-3-4-16(21-2)17-9-14/h3-4,9,12H,5-8,10-11H2,1-2H3. The Hall–Kier alpha value is -1.92. The molecular formula is C16H22N4O2. The SMILES string of the molecule is COc1ccc(CN2CCN(Cc3coc(C)n3)CC2)cn1. The molecule has 0 aliphatic carbocycles. The zero-order chi connectivity index (χ0) is 15.4. The molecule has 0 radical (unpaired) electrons. The molecule has 1 saturated heterocycles. The molecule has 2 aromatic rings. The van der Waals surface area contributed by atoms with Crippen LogP contribution >= 0.6 is 0 Å². The third-order valence-electron chi connectivity index (χ3n) is 3.93. The third-order valence-corrected chi connectivity index (χ3v) is 3.93. The first-order chi connectivity index (χ1) is 10.7. The molecule has 1 fully saturated rings. The second-order valence-corrected chi connectivity index (χ2v) is 5.62. The van der Waals surface area contributed by atoms with Crippen LogP contribution in [0.15, 0.2) is 29.0 Å². The summed E-state index contributed by atoms with van der Waals surface area (Å²) in [7, 11) is 1.64. The minimum atomic E-state index is 0.663. The van der Waals surface area contributed by atoms with E-state index in [1.54, 1.807) is 13.4 Å². The number of methoxy groups -OCH3 is 1. The minimum absolute atomic E-state index is 0.663. The number of pyridine rings is 1. The average Bonchev–Trinajstić information content (AvgIpc) is 2.95. The van der Waals surface area contributed by atoms with Crippen LogP contribution in [0.1, 0.15) is 17.1 Å². The van der Waals surface area contributed by atoms with E-state index in [-0.39, 0.29) is 0 Å². The van der Waals surface area contributed by atoms with E-state index in [1.807, 2.05) is 19.2 Å². The van der Waals surface area contributed by atoms with Crippen molar-refractivity contribution in [3.8, 4) is 5.88 Å². The first-order valence-corrected chi connectivity index (χ1v) is 7.57. The fourth-order valence-electron chi connectivity index (χ4n) is 2.70. The first kappa shape index (κ1) is 15.0. The summed E-state index contributed by atoms with van der Waals surface area (Å²) in [6.07, 6.45) is 3.65. The normalized spacial score (nSPS) is 16.8. The van der Waals surface area contributed by atoms with Crippen LogP contribution in [0, 0.1) is 6.92 Å². The highest BCUT2D eigenvalue weighted by atomic mass is 16.5. The predicted octanol–water partition coefficient (Wildman–Crippen LogP) is 1.70. The highest BCUT2D eigenvalue weighted by Gasteiger charge is 2.18. The highest BCUT2D eigenvalue weighted by molar-refractivity contribution is 5.17. The summed E-state index contributed by atoms with van der Waals surface area (Å²) in [4.78, 5) is 13.5. The maximum absolute atomic E-state index is 5.26. The summed E-state index contributed by atoms with van der Waals surface area (Å²) in [5, 5.41) is 0. The lowest BCUT2D eigenvalue weighted by Crippen LogP contribution is -2.45. The summed E-state index contributed by atoms with van der Waals surface area (Å²) in [6.45, 7) is 7.91. The van der Waals surface area contributed by atoms with Gasteiger partial charge in [0.2, 0.25) is 5.88 Å². The Bertz CT molecular complexity index is 588. The Labute approximate surface area is 130 Å². The summed E-state index contributed by atoms with van der Waals surface area (Å²) >= 11 is 0. The van der Waals surface area contributed by atoms with E-state index in [9.17, 15) is 0 Å². The summed E-state index contributed by atoms with van der Waals surface area (Å²) in [5.74, 6) is 1.40. The Kier molecular flexibility index (Phi) is 4.70. The first-order valence-electron chi connectivity index (χ1n) is 7.57. The summed E-state index contributed by atoms with van der Waals surface area (Å²) in [5.41, 5.74) is 2.24. The molecule has 3 heterocycles. The molecule has 0 aromatic carbocycles. The van der Waals surface area contributed by atoms with Gasteiger partial charge in [-0.1, -0.05) is 6.07 Å². The molecule has 0 atom stereocenters. The van der Waals surface area contributed by atoms with Gasteiger partial charge < -0.3 is 9.15 Å². The smallest absolute Gasteiger partial charge is 0.212 e. The van der Waals surface area contributed by atoms with Gasteiger partial charge in [0.1, 0.15) is 6.26 Å².